The topological polar surface area (TPSA) is 61.7 Å². The molecule has 7 heteroatoms. The van der Waals surface area contributed by atoms with Crippen LogP contribution in [0.25, 0.3) is 0 Å². The third-order valence-electron chi connectivity index (χ3n) is 2.44. The number of benzene rings is 1. The molecular weight excluding hydrogens is 263 g/mol. The highest BCUT2D eigenvalue weighted by molar-refractivity contribution is 5.40. The average molecular weight is 279 g/mol. The first-order chi connectivity index (χ1) is 8.79. The number of rotatable bonds is 6. The van der Waals surface area contributed by atoms with Crippen LogP contribution in [0.4, 0.5) is 13.2 Å². The first-order valence-electron chi connectivity index (χ1n) is 5.69. The van der Waals surface area contributed by atoms with Crippen molar-refractivity contribution in [2.24, 2.45) is 0 Å². The zero-order valence-electron chi connectivity index (χ0n) is 10.4. The van der Waals surface area contributed by atoms with E-state index in [1.807, 2.05) is 0 Å². The first kappa shape index (κ1) is 15.6. The summed E-state index contributed by atoms with van der Waals surface area (Å²) in [6.45, 7) is 0.615. The van der Waals surface area contributed by atoms with Gasteiger partial charge >= 0.3 is 6.18 Å². The van der Waals surface area contributed by atoms with E-state index >= 15 is 0 Å². The number of halogens is 3. The van der Waals surface area contributed by atoms with Crippen LogP contribution in [0.5, 0.6) is 11.5 Å². The molecule has 19 heavy (non-hydrogen) atoms. The number of phenols is 2. The smallest absolute Gasteiger partial charge is 0.411 e. The first-order valence-corrected chi connectivity index (χ1v) is 5.69. The highest BCUT2D eigenvalue weighted by Crippen LogP contribution is 2.27. The third-order valence-corrected chi connectivity index (χ3v) is 2.44. The lowest BCUT2D eigenvalue weighted by Crippen LogP contribution is -2.26. The predicted molar refractivity (Wildman–Crippen MR) is 63.1 cm³/mol. The number of hydrogen-bond acceptors (Lipinski definition) is 4. The summed E-state index contributed by atoms with van der Waals surface area (Å²) in [5.74, 6) is -0.127. The van der Waals surface area contributed by atoms with Crippen LogP contribution in [-0.2, 0) is 4.74 Å². The van der Waals surface area contributed by atoms with Gasteiger partial charge in [-0.2, -0.15) is 13.2 Å². The molecule has 0 amide bonds. The Hall–Kier alpha value is -1.47. The molecule has 0 aliphatic rings. The van der Waals surface area contributed by atoms with Gasteiger partial charge in [0, 0.05) is 24.2 Å². The Morgan fingerprint density at radius 3 is 2.58 bits per heavy atom. The third kappa shape index (κ3) is 5.80. The molecule has 0 aliphatic carbocycles. The molecular formula is C12H16F3NO3. The molecule has 0 saturated carbocycles. The van der Waals surface area contributed by atoms with Crippen LogP contribution in [0.2, 0.25) is 0 Å². The van der Waals surface area contributed by atoms with Crippen molar-refractivity contribution in [3.8, 4) is 11.5 Å². The minimum atomic E-state index is -4.32. The van der Waals surface area contributed by atoms with E-state index in [0.717, 1.165) is 0 Å². The quantitative estimate of drug-likeness (QED) is 0.699. The summed E-state index contributed by atoms with van der Waals surface area (Å²) in [4.78, 5) is 0. The Bertz CT molecular complexity index is 410. The van der Waals surface area contributed by atoms with Gasteiger partial charge in [-0.1, -0.05) is 6.07 Å². The van der Waals surface area contributed by atoms with Gasteiger partial charge < -0.3 is 20.3 Å². The number of alkyl halides is 3. The molecule has 0 bridgehead atoms. The van der Waals surface area contributed by atoms with Gasteiger partial charge in [-0.3, -0.25) is 0 Å². The lowest BCUT2D eigenvalue weighted by molar-refractivity contribution is -0.173. The van der Waals surface area contributed by atoms with Gasteiger partial charge in [0.25, 0.3) is 0 Å². The van der Waals surface area contributed by atoms with Crippen LogP contribution in [0.1, 0.15) is 18.5 Å². The van der Waals surface area contributed by atoms with Crippen LogP contribution in [0.3, 0.4) is 0 Å². The molecule has 0 heterocycles. The fourth-order valence-electron chi connectivity index (χ4n) is 1.54. The largest absolute Gasteiger partial charge is 0.508 e. The van der Waals surface area contributed by atoms with Crippen LogP contribution in [0, 0.1) is 0 Å². The summed E-state index contributed by atoms with van der Waals surface area (Å²) >= 11 is 0. The number of phenolic OH excluding ortho intramolecular Hbond substituents is 2. The summed E-state index contributed by atoms with van der Waals surface area (Å²) in [5, 5.41) is 21.6. The van der Waals surface area contributed by atoms with Crippen molar-refractivity contribution in [2.75, 3.05) is 19.8 Å². The number of hydrogen-bond donors (Lipinski definition) is 3. The maximum atomic E-state index is 11.8. The molecule has 0 spiro atoms. The van der Waals surface area contributed by atoms with E-state index in [4.69, 9.17) is 5.11 Å². The Morgan fingerprint density at radius 2 is 2.00 bits per heavy atom. The summed E-state index contributed by atoms with van der Waals surface area (Å²) in [7, 11) is 0. The van der Waals surface area contributed by atoms with Crippen molar-refractivity contribution in [1.82, 2.24) is 5.32 Å². The van der Waals surface area contributed by atoms with Crippen LogP contribution >= 0.6 is 0 Å². The molecule has 1 aromatic carbocycles. The fourth-order valence-corrected chi connectivity index (χ4v) is 1.54. The maximum absolute atomic E-state index is 11.8. The fraction of sp³-hybridized carbons (Fsp3) is 0.500. The molecule has 0 fully saturated rings. The summed E-state index contributed by atoms with van der Waals surface area (Å²) < 4.78 is 39.8. The van der Waals surface area contributed by atoms with E-state index in [1.165, 1.54) is 12.1 Å². The molecule has 108 valence electrons. The molecule has 1 unspecified atom stereocenters. The second kappa shape index (κ2) is 6.63. The van der Waals surface area contributed by atoms with Crippen LogP contribution < -0.4 is 5.32 Å². The van der Waals surface area contributed by atoms with Crippen molar-refractivity contribution >= 4 is 0 Å². The summed E-state index contributed by atoms with van der Waals surface area (Å²) in [6.07, 6.45) is -4.32. The standard InChI is InChI=1S/C12H16F3NO3/c1-8(10-3-2-9(17)6-11(10)18)16-4-5-19-7-12(13,14)15/h2-3,6,8,16-18H,4-5,7H2,1H3. The summed E-state index contributed by atoms with van der Waals surface area (Å²) in [5.41, 5.74) is 0.550. The molecule has 1 atom stereocenters. The Labute approximate surface area is 108 Å². The molecule has 1 rings (SSSR count). The molecule has 0 aromatic heterocycles. The summed E-state index contributed by atoms with van der Waals surface area (Å²) in [6, 6.07) is 3.90. The van der Waals surface area contributed by atoms with Gasteiger partial charge in [0.05, 0.1) is 6.61 Å². The van der Waals surface area contributed by atoms with Gasteiger partial charge in [-0.15, -0.1) is 0 Å². The molecule has 0 saturated heterocycles. The van der Waals surface area contributed by atoms with Gasteiger partial charge in [0.1, 0.15) is 18.1 Å². The Kier molecular flexibility index (Phi) is 5.44. The minimum Gasteiger partial charge on any atom is -0.508 e. The molecule has 0 aliphatic heterocycles. The zero-order chi connectivity index (χ0) is 14.5. The maximum Gasteiger partial charge on any atom is 0.411 e. The average Bonchev–Trinajstić information content (AvgIpc) is 2.26. The van der Waals surface area contributed by atoms with E-state index < -0.39 is 12.8 Å². The lowest BCUT2D eigenvalue weighted by atomic mass is 10.1. The van der Waals surface area contributed by atoms with Gasteiger partial charge in [-0.05, 0) is 13.0 Å². The van der Waals surface area contributed by atoms with Crippen molar-refractivity contribution < 1.29 is 28.1 Å². The monoisotopic (exact) mass is 279 g/mol. The Morgan fingerprint density at radius 1 is 1.32 bits per heavy atom. The molecule has 3 N–H and O–H groups in total. The molecule has 1 aromatic rings. The second-order valence-electron chi connectivity index (χ2n) is 4.09. The van der Waals surface area contributed by atoms with E-state index in [1.54, 1.807) is 13.0 Å². The van der Waals surface area contributed by atoms with Crippen LogP contribution in [0.15, 0.2) is 18.2 Å². The van der Waals surface area contributed by atoms with Gasteiger partial charge in [0.2, 0.25) is 0 Å². The highest BCUT2D eigenvalue weighted by atomic mass is 19.4. The number of aromatic hydroxyl groups is 2. The molecule has 4 nitrogen and oxygen atoms in total. The SMILES string of the molecule is CC(NCCOCC(F)(F)F)c1ccc(O)cc1O. The van der Waals surface area contributed by atoms with Crippen molar-refractivity contribution in [2.45, 2.75) is 19.1 Å². The van der Waals surface area contributed by atoms with E-state index in [0.29, 0.717) is 5.56 Å². The molecule has 0 radical (unpaired) electrons. The van der Waals surface area contributed by atoms with E-state index in [9.17, 15) is 18.3 Å². The Balaban J connectivity index is 2.33. The van der Waals surface area contributed by atoms with Crippen molar-refractivity contribution in [3.05, 3.63) is 23.8 Å². The van der Waals surface area contributed by atoms with E-state index in [2.05, 4.69) is 10.1 Å². The predicted octanol–water partition coefficient (Wildman–Crippen LogP) is 2.33. The van der Waals surface area contributed by atoms with Crippen molar-refractivity contribution in [1.29, 1.82) is 0 Å². The van der Waals surface area contributed by atoms with Gasteiger partial charge in [0.15, 0.2) is 0 Å². The minimum absolute atomic E-state index is 0.0537. The van der Waals surface area contributed by atoms with Crippen LogP contribution in [-0.4, -0.2) is 36.1 Å². The number of ether oxygens (including phenoxy) is 1. The van der Waals surface area contributed by atoms with Crippen molar-refractivity contribution in [3.63, 3.8) is 0 Å². The lowest BCUT2D eigenvalue weighted by Gasteiger charge is -2.16. The highest BCUT2D eigenvalue weighted by Gasteiger charge is 2.27. The van der Waals surface area contributed by atoms with E-state index in [-0.39, 0.29) is 30.7 Å². The normalized spacial score (nSPS) is 13.5. The van der Waals surface area contributed by atoms with Gasteiger partial charge in [-0.25, -0.2) is 0 Å². The number of nitrogens with one attached hydrogen (secondary N) is 1. The zero-order valence-corrected chi connectivity index (χ0v) is 10.4. The second-order valence-corrected chi connectivity index (χ2v) is 4.09.